The highest BCUT2D eigenvalue weighted by molar-refractivity contribution is 5.22. The second-order valence-electron chi connectivity index (χ2n) is 7.11. The maximum atomic E-state index is 10.7. The van der Waals surface area contributed by atoms with Gasteiger partial charge in [0.2, 0.25) is 0 Å². The molecule has 0 aliphatic carbocycles. The third kappa shape index (κ3) is 3.79. The topological polar surface area (TPSA) is 50.5 Å². The lowest BCUT2D eigenvalue weighted by molar-refractivity contribution is -0.0969. The van der Waals surface area contributed by atoms with Crippen LogP contribution in [0, 0.1) is 0 Å². The van der Waals surface area contributed by atoms with Crippen molar-refractivity contribution in [2.45, 2.75) is 51.5 Å². The zero-order valence-corrected chi connectivity index (χ0v) is 14.7. The number of ether oxygens (including phenoxy) is 1. The van der Waals surface area contributed by atoms with Gasteiger partial charge in [0, 0.05) is 31.5 Å². The van der Waals surface area contributed by atoms with Crippen molar-refractivity contribution < 1.29 is 9.84 Å². The minimum atomic E-state index is -0.820. The Morgan fingerprint density at radius 3 is 2.79 bits per heavy atom. The fourth-order valence-electron chi connectivity index (χ4n) is 3.18. The smallest absolute Gasteiger partial charge is 0.140 e. The molecule has 0 saturated carbocycles. The molecule has 2 heterocycles. The molecular formula is C19H27N3O2. The molecule has 1 aliphatic rings. The quantitative estimate of drug-likeness (QED) is 0.916. The van der Waals surface area contributed by atoms with E-state index >= 15 is 0 Å². The van der Waals surface area contributed by atoms with Gasteiger partial charge in [0.1, 0.15) is 23.3 Å². The Hall–Kier alpha value is -1.85. The highest BCUT2D eigenvalue weighted by Gasteiger charge is 2.39. The van der Waals surface area contributed by atoms with Crippen molar-refractivity contribution in [2.24, 2.45) is 0 Å². The number of piperidine rings is 1. The molecule has 2 atom stereocenters. The van der Waals surface area contributed by atoms with Gasteiger partial charge in [-0.1, -0.05) is 18.2 Å². The van der Waals surface area contributed by atoms with Gasteiger partial charge in [0.15, 0.2) is 0 Å². The average molecular weight is 329 g/mol. The van der Waals surface area contributed by atoms with Crippen LogP contribution in [0.3, 0.4) is 0 Å². The molecule has 5 nitrogen and oxygen atoms in total. The van der Waals surface area contributed by atoms with Crippen LogP contribution >= 0.6 is 0 Å². The Bertz CT molecular complexity index is 652. The van der Waals surface area contributed by atoms with Crippen LogP contribution in [-0.4, -0.2) is 44.4 Å². The standard InChI is InChI=1S/C19H27N3O2/c1-15(2)22-12-10-20-18(22)14-21-11-9-19(3,23)17(13-21)24-16-7-5-4-6-8-16/h4-8,10,12,15,17,23H,9,11,13-14H2,1-3H3/t17-,19-/m1/s1. The minimum absolute atomic E-state index is 0.254. The number of likely N-dealkylation sites (tertiary alicyclic amines) is 1. The molecule has 3 rings (SSSR count). The first-order chi connectivity index (χ1) is 11.5. The van der Waals surface area contributed by atoms with Crippen molar-refractivity contribution in [2.75, 3.05) is 13.1 Å². The van der Waals surface area contributed by atoms with E-state index in [0.29, 0.717) is 19.0 Å². The number of benzene rings is 1. The van der Waals surface area contributed by atoms with Gasteiger partial charge in [-0.05, 0) is 39.3 Å². The number of imidazole rings is 1. The highest BCUT2D eigenvalue weighted by atomic mass is 16.5. The largest absolute Gasteiger partial charge is 0.486 e. The molecule has 130 valence electrons. The predicted octanol–water partition coefficient (Wildman–Crippen LogP) is 2.87. The van der Waals surface area contributed by atoms with Crippen LogP contribution < -0.4 is 4.74 Å². The SMILES string of the molecule is CC(C)n1ccnc1CN1CC[C@@](C)(O)[C@H](Oc2ccccc2)C1. The lowest BCUT2D eigenvalue weighted by Crippen LogP contribution is -2.56. The summed E-state index contributed by atoms with van der Waals surface area (Å²) >= 11 is 0. The minimum Gasteiger partial charge on any atom is -0.486 e. The lowest BCUT2D eigenvalue weighted by atomic mass is 9.90. The third-order valence-corrected chi connectivity index (χ3v) is 4.74. The normalized spacial score (nSPS) is 25.1. The van der Waals surface area contributed by atoms with Crippen LogP contribution in [0.4, 0.5) is 0 Å². The monoisotopic (exact) mass is 329 g/mol. The van der Waals surface area contributed by atoms with E-state index in [9.17, 15) is 5.11 Å². The first-order valence-corrected chi connectivity index (χ1v) is 8.64. The summed E-state index contributed by atoms with van der Waals surface area (Å²) in [5.41, 5.74) is -0.820. The summed E-state index contributed by atoms with van der Waals surface area (Å²) in [6.45, 7) is 8.49. The summed E-state index contributed by atoms with van der Waals surface area (Å²) in [4.78, 5) is 6.81. The molecule has 2 aromatic rings. The molecule has 1 N–H and O–H groups in total. The zero-order valence-electron chi connectivity index (χ0n) is 14.7. The number of hydrogen-bond acceptors (Lipinski definition) is 4. The predicted molar refractivity (Wildman–Crippen MR) is 94.0 cm³/mol. The number of para-hydroxylation sites is 1. The number of rotatable bonds is 5. The van der Waals surface area contributed by atoms with Gasteiger partial charge in [-0.15, -0.1) is 0 Å². The second kappa shape index (κ2) is 6.95. The Morgan fingerprint density at radius 1 is 1.33 bits per heavy atom. The fraction of sp³-hybridized carbons (Fsp3) is 0.526. The van der Waals surface area contributed by atoms with Crippen LogP contribution in [0.5, 0.6) is 5.75 Å². The Morgan fingerprint density at radius 2 is 2.08 bits per heavy atom. The van der Waals surface area contributed by atoms with Gasteiger partial charge in [-0.3, -0.25) is 4.90 Å². The number of aliphatic hydroxyl groups is 1. The second-order valence-corrected chi connectivity index (χ2v) is 7.11. The van der Waals surface area contributed by atoms with E-state index in [-0.39, 0.29) is 6.10 Å². The summed E-state index contributed by atoms with van der Waals surface area (Å²) in [5.74, 6) is 1.86. The Labute approximate surface area is 143 Å². The molecule has 0 bridgehead atoms. The van der Waals surface area contributed by atoms with Crippen LogP contribution in [-0.2, 0) is 6.54 Å². The van der Waals surface area contributed by atoms with Gasteiger partial charge in [-0.25, -0.2) is 4.98 Å². The molecule has 1 fully saturated rings. The van der Waals surface area contributed by atoms with Crippen molar-refractivity contribution in [3.63, 3.8) is 0 Å². The van der Waals surface area contributed by atoms with Gasteiger partial charge < -0.3 is 14.4 Å². The summed E-state index contributed by atoms with van der Waals surface area (Å²) in [6.07, 6.45) is 4.31. The molecule has 0 radical (unpaired) electrons. The van der Waals surface area contributed by atoms with Crippen molar-refractivity contribution in [1.29, 1.82) is 0 Å². The van der Waals surface area contributed by atoms with E-state index in [1.807, 2.05) is 49.6 Å². The summed E-state index contributed by atoms with van der Waals surface area (Å²) < 4.78 is 8.27. The maximum Gasteiger partial charge on any atom is 0.140 e. The number of nitrogens with zero attached hydrogens (tertiary/aromatic N) is 3. The summed E-state index contributed by atoms with van der Waals surface area (Å²) in [6, 6.07) is 10.1. The molecule has 0 amide bonds. The van der Waals surface area contributed by atoms with Crippen molar-refractivity contribution in [3.05, 3.63) is 48.5 Å². The van der Waals surface area contributed by atoms with Crippen LogP contribution in [0.2, 0.25) is 0 Å². The van der Waals surface area contributed by atoms with E-state index in [2.05, 4.69) is 28.3 Å². The zero-order chi connectivity index (χ0) is 17.2. The van der Waals surface area contributed by atoms with Crippen molar-refractivity contribution in [1.82, 2.24) is 14.5 Å². The fourth-order valence-corrected chi connectivity index (χ4v) is 3.18. The number of hydrogen-bond donors (Lipinski definition) is 1. The maximum absolute atomic E-state index is 10.7. The number of aromatic nitrogens is 2. The Kier molecular flexibility index (Phi) is 4.92. The molecular weight excluding hydrogens is 302 g/mol. The molecule has 0 spiro atoms. The average Bonchev–Trinajstić information content (AvgIpc) is 3.00. The highest BCUT2D eigenvalue weighted by Crippen LogP contribution is 2.27. The lowest BCUT2D eigenvalue weighted by Gasteiger charge is -2.42. The van der Waals surface area contributed by atoms with Gasteiger partial charge in [0.25, 0.3) is 0 Å². The first-order valence-electron chi connectivity index (χ1n) is 8.64. The van der Waals surface area contributed by atoms with Crippen molar-refractivity contribution in [3.8, 4) is 5.75 Å². The summed E-state index contributed by atoms with van der Waals surface area (Å²) in [7, 11) is 0. The van der Waals surface area contributed by atoms with E-state index in [1.165, 1.54) is 0 Å². The third-order valence-electron chi connectivity index (χ3n) is 4.74. The molecule has 1 aromatic carbocycles. The molecule has 1 saturated heterocycles. The van der Waals surface area contributed by atoms with Gasteiger partial charge in [0.05, 0.1) is 6.54 Å². The van der Waals surface area contributed by atoms with E-state index in [1.54, 1.807) is 0 Å². The molecule has 0 unspecified atom stereocenters. The molecule has 1 aliphatic heterocycles. The van der Waals surface area contributed by atoms with Crippen LogP contribution in [0.1, 0.15) is 39.1 Å². The van der Waals surface area contributed by atoms with E-state index in [0.717, 1.165) is 24.7 Å². The van der Waals surface area contributed by atoms with Gasteiger partial charge >= 0.3 is 0 Å². The van der Waals surface area contributed by atoms with Crippen molar-refractivity contribution >= 4 is 0 Å². The van der Waals surface area contributed by atoms with Crippen LogP contribution in [0.25, 0.3) is 0 Å². The van der Waals surface area contributed by atoms with Gasteiger partial charge in [-0.2, -0.15) is 0 Å². The molecule has 1 aromatic heterocycles. The van der Waals surface area contributed by atoms with E-state index < -0.39 is 5.60 Å². The van der Waals surface area contributed by atoms with Crippen LogP contribution in [0.15, 0.2) is 42.7 Å². The molecule has 24 heavy (non-hydrogen) atoms. The van der Waals surface area contributed by atoms with E-state index in [4.69, 9.17) is 4.74 Å². The Balaban J connectivity index is 1.69. The summed E-state index contributed by atoms with van der Waals surface area (Å²) in [5, 5.41) is 10.7. The first kappa shape index (κ1) is 17.0. The molecule has 5 heteroatoms.